The number of hydrogen-bond acceptors (Lipinski definition) is 4. The summed E-state index contributed by atoms with van der Waals surface area (Å²) in [6, 6.07) is 1.40. The van der Waals surface area contributed by atoms with E-state index >= 15 is 0 Å². The summed E-state index contributed by atoms with van der Waals surface area (Å²) in [5.74, 6) is -2.70. The molecule has 1 aromatic rings. The van der Waals surface area contributed by atoms with E-state index in [1.54, 1.807) is 6.92 Å². The smallest absolute Gasteiger partial charge is 0.337 e. The molecule has 0 spiro atoms. The summed E-state index contributed by atoms with van der Waals surface area (Å²) in [4.78, 5) is 10.4. The fourth-order valence-corrected chi connectivity index (χ4v) is 3.17. The Balaban J connectivity index is 3.36. The molecule has 0 fully saturated rings. The van der Waals surface area contributed by atoms with Crippen LogP contribution in [0.4, 0.5) is 4.39 Å². The fraction of sp³-hybridized carbons (Fsp3) is 0.417. The van der Waals surface area contributed by atoms with E-state index in [2.05, 4.69) is 4.72 Å². The molecule has 0 aliphatic rings. The van der Waals surface area contributed by atoms with Gasteiger partial charge in [-0.05, 0) is 25.5 Å². The molecule has 0 amide bonds. The van der Waals surface area contributed by atoms with E-state index in [4.69, 9.17) is 16.7 Å². The Morgan fingerprint density at radius 1 is 1.48 bits per heavy atom. The minimum atomic E-state index is -4.21. The molecule has 0 aliphatic carbocycles. The molecule has 1 aromatic carbocycles. The Morgan fingerprint density at radius 2 is 2.05 bits per heavy atom. The molecular weight excluding hydrogens is 325 g/mol. The lowest BCUT2D eigenvalue weighted by molar-refractivity contribution is 0.0696. The number of rotatable bonds is 6. The van der Waals surface area contributed by atoms with Crippen LogP contribution in [0.2, 0.25) is 5.02 Å². The van der Waals surface area contributed by atoms with E-state index in [0.717, 1.165) is 6.07 Å². The highest BCUT2D eigenvalue weighted by molar-refractivity contribution is 7.89. The van der Waals surface area contributed by atoms with Crippen LogP contribution in [-0.4, -0.2) is 36.7 Å². The van der Waals surface area contributed by atoms with Gasteiger partial charge in [-0.3, -0.25) is 0 Å². The van der Waals surface area contributed by atoms with E-state index in [1.165, 1.54) is 6.92 Å². The van der Waals surface area contributed by atoms with Crippen molar-refractivity contribution in [3.05, 3.63) is 28.5 Å². The standard InChI is InChI=1S/C12H15ClFNO5S/c1-3-12(2,6-16)15-21(19,20)7-4-8(11(17)18)10(13)9(14)5-7/h4-5,15-16H,3,6H2,1-2H3,(H,17,18). The molecule has 9 heteroatoms. The number of carboxylic acids is 1. The molecule has 1 rings (SSSR count). The zero-order valence-corrected chi connectivity index (χ0v) is 12.9. The maximum Gasteiger partial charge on any atom is 0.337 e. The van der Waals surface area contributed by atoms with Crippen LogP contribution in [0.3, 0.4) is 0 Å². The van der Waals surface area contributed by atoms with Gasteiger partial charge in [-0.25, -0.2) is 22.3 Å². The Morgan fingerprint density at radius 3 is 2.48 bits per heavy atom. The van der Waals surface area contributed by atoms with Gasteiger partial charge in [0.05, 0.1) is 27.6 Å². The third-order valence-corrected chi connectivity index (χ3v) is 5.05. The van der Waals surface area contributed by atoms with Crippen molar-refractivity contribution in [3.8, 4) is 0 Å². The first-order valence-electron chi connectivity index (χ1n) is 5.93. The van der Waals surface area contributed by atoms with Crippen LogP contribution in [0, 0.1) is 5.82 Å². The maximum absolute atomic E-state index is 13.6. The van der Waals surface area contributed by atoms with Crippen molar-refractivity contribution >= 4 is 27.6 Å². The minimum Gasteiger partial charge on any atom is -0.478 e. The predicted molar refractivity (Wildman–Crippen MR) is 74.5 cm³/mol. The Labute approximate surface area is 126 Å². The maximum atomic E-state index is 13.6. The molecule has 6 nitrogen and oxygen atoms in total. The minimum absolute atomic E-state index is 0.282. The Hall–Kier alpha value is -1.22. The number of aliphatic hydroxyl groups excluding tert-OH is 1. The molecular formula is C12H15ClFNO5S. The normalized spacial score (nSPS) is 14.7. The fourth-order valence-electron chi connectivity index (χ4n) is 1.47. The zero-order chi connectivity index (χ0) is 16.4. The number of carboxylic acid groups (broad SMARTS) is 1. The largest absolute Gasteiger partial charge is 0.478 e. The lowest BCUT2D eigenvalue weighted by Gasteiger charge is -2.26. The van der Waals surface area contributed by atoms with Crippen molar-refractivity contribution in [2.75, 3.05) is 6.61 Å². The van der Waals surface area contributed by atoms with Gasteiger partial charge >= 0.3 is 5.97 Å². The van der Waals surface area contributed by atoms with Crippen LogP contribution in [0.15, 0.2) is 17.0 Å². The summed E-state index contributed by atoms with van der Waals surface area (Å²) in [5.41, 5.74) is -1.79. The summed E-state index contributed by atoms with van der Waals surface area (Å²) < 4.78 is 40.2. The van der Waals surface area contributed by atoms with Crippen molar-refractivity contribution in [2.24, 2.45) is 0 Å². The average Bonchev–Trinajstić information content (AvgIpc) is 2.40. The first kappa shape index (κ1) is 17.8. The highest BCUT2D eigenvalue weighted by Crippen LogP contribution is 2.25. The molecule has 3 N–H and O–H groups in total. The second-order valence-corrected chi connectivity index (χ2v) is 6.81. The van der Waals surface area contributed by atoms with E-state index in [0.29, 0.717) is 6.07 Å². The van der Waals surface area contributed by atoms with Gasteiger partial charge < -0.3 is 10.2 Å². The van der Waals surface area contributed by atoms with Crippen LogP contribution in [-0.2, 0) is 10.0 Å². The number of benzene rings is 1. The SMILES string of the molecule is CCC(C)(CO)NS(=O)(=O)c1cc(F)c(Cl)c(C(=O)O)c1. The number of hydrogen-bond donors (Lipinski definition) is 3. The third kappa shape index (κ3) is 3.91. The van der Waals surface area contributed by atoms with Crippen molar-refractivity contribution in [2.45, 2.75) is 30.7 Å². The van der Waals surface area contributed by atoms with Gasteiger partial charge in [0.2, 0.25) is 10.0 Å². The number of aliphatic hydroxyl groups is 1. The molecule has 0 aliphatic heterocycles. The van der Waals surface area contributed by atoms with Gasteiger partial charge in [-0.2, -0.15) is 0 Å². The molecule has 1 atom stereocenters. The Kier molecular flexibility index (Phi) is 5.32. The molecule has 0 radical (unpaired) electrons. The number of aromatic carboxylic acids is 1. The van der Waals surface area contributed by atoms with Crippen LogP contribution in [0.5, 0.6) is 0 Å². The zero-order valence-electron chi connectivity index (χ0n) is 11.4. The molecule has 0 heterocycles. The van der Waals surface area contributed by atoms with Crippen LogP contribution in [0.1, 0.15) is 30.6 Å². The van der Waals surface area contributed by atoms with Crippen LogP contribution < -0.4 is 4.72 Å². The monoisotopic (exact) mass is 339 g/mol. The van der Waals surface area contributed by atoms with Crippen molar-refractivity contribution < 1.29 is 27.8 Å². The molecule has 0 saturated heterocycles. The van der Waals surface area contributed by atoms with Gasteiger partial charge in [-0.1, -0.05) is 18.5 Å². The van der Waals surface area contributed by atoms with E-state index in [1.807, 2.05) is 0 Å². The number of nitrogens with one attached hydrogen (secondary N) is 1. The number of halogens is 2. The molecule has 1 unspecified atom stereocenters. The Bertz CT molecular complexity index is 658. The number of sulfonamides is 1. The van der Waals surface area contributed by atoms with Crippen molar-refractivity contribution in [1.82, 2.24) is 4.72 Å². The average molecular weight is 340 g/mol. The molecule has 118 valence electrons. The van der Waals surface area contributed by atoms with Crippen LogP contribution in [0.25, 0.3) is 0 Å². The summed E-state index contributed by atoms with van der Waals surface area (Å²) in [5, 5.41) is 17.5. The second kappa shape index (κ2) is 6.27. The molecule has 21 heavy (non-hydrogen) atoms. The lowest BCUT2D eigenvalue weighted by atomic mass is 10.0. The van der Waals surface area contributed by atoms with Crippen LogP contribution >= 0.6 is 11.6 Å². The third-order valence-electron chi connectivity index (χ3n) is 3.05. The highest BCUT2D eigenvalue weighted by Gasteiger charge is 2.30. The lowest BCUT2D eigenvalue weighted by Crippen LogP contribution is -2.48. The van der Waals surface area contributed by atoms with E-state index in [9.17, 15) is 22.7 Å². The summed E-state index contributed by atoms with van der Waals surface area (Å²) >= 11 is 5.49. The molecule has 0 aromatic heterocycles. The molecule has 0 saturated carbocycles. The van der Waals surface area contributed by atoms with E-state index in [-0.39, 0.29) is 6.42 Å². The van der Waals surface area contributed by atoms with Gasteiger partial charge in [-0.15, -0.1) is 0 Å². The molecule has 0 bridgehead atoms. The summed E-state index contributed by atoms with van der Waals surface area (Å²) in [6.07, 6.45) is 0.282. The van der Waals surface area contributed by atoms with E-state index < -0.39 is 49.4 Å². The van der Waals surface area contributed by atoms with Crippen molar-refractivity contribution in [3.63, 3.8) is 0 Å². The van der Waals surface area contributed by atoms with Gasteiger partial charge in [0.1, 0.15) is 5.82 Å². The van der Waals surface area contributed by atoms with Crippen molar-refractivity contribution in [1.29, 1.82) is 0 Å². The number of carbonyl (C=O) groups is 1. The van der Waals surface area contributed by atoms with Gasteiger partial charge in [0.25, 0.3) is 0 Å². The summed E-state index contributed by atoms with van der Waals surface area (Å²) in [6.45, 7) is 2.66. The first-order valence-corrected chi connectivity index (χ1v) is 7.79. The first-order chi connectivity index (χ1) is 9.56. The van der Waals surface area contributed by atoms with Gasteiger partial charge in [0, 0.05) is 0 Å². The highest BCUT2D eigenvalue weighted by atomic mass is 35.5. The topological polar surface area (TPSA) is 104 Å². The van der Waals surface area contributed by atoms with Gasteiger partial charge in [0.15, 0.2) is 0 Å². The predicted octanol–water partition coefficient (Wildman–Crippen LogP) is 1.62. The second-order valence-electron chi connectivity index (χ2n) is 4.75. The summed E-state index contributed by atoms with van der Waals surface area (Å²) in [7, 11) is -4.21. The quantitative estimate of drug-likeness (QED) is 0.730.